The number of hydrogen-bond acceptors (Lipinski definition) is 2. The van der Waals surface area contributed by atoms with Crippen LogP contribution in [0.1, 0.15) is 35.1 Å². The maximum atomic E-state index is 13.8. The molecule has 4 heteroatoms. The topological polar surface area (TPSA) is 29.1 Å². The fourth-order valence-electron chi connectivity index (χ4n) is 3.56. The van der Waals surface area contributed by atoms with Crippen LogP contribution in [-0.2, 0) is 4.79 Å². The predicted octanol–water partition coefficient (Wildman–Crippen LogP) is 5.31. The normalized spacial score (nSPS) is 16.0. The molecule has 0 saturated carbocycles. The molecule has 1 aliphatic heterocycles. The molecule has 1 atom stereocenters. The Kier molecular flexibility index (Phi) is 5.26. The number of carbonyl (C=O) groups is 1. The molecule has 1 heterocycles. The molecule has 3 aromatic carbocycles. The number of rotatable bonds is 4. The third-order valence-corrected chi connectivity index (χ3v) is 5.98. The van der Waals surface area contributed by atoms with Crippen molar-refractivity contribution in [2.45, 2.75) is 23.3 Å². The highest BCUT2D eigenvalue weighted by molar-refractivity contribution is 7.99. The number of carbonyl (C=O) groups excluding carboxylic acids is 1. The van der Waals surface area contributed by atoms with Gasteiger partial charge in [-0.3, -0.25) is 4.79 Å². The van der Waals surface area contributed by atoms with E-state index in [1.165, 1.54) is 6.07 Å². The Bertz CT molecular complexity index is 890. The van der Waals surface area contributed by atoms with Crippen LogP contribution in [0, 0.1) is 5.82 Å². The van der Waals surface area contributed by atoms with Crippen LogP contribution >= 0.6 is 11.8 Å². The largest absolute Gasteiger partial charge is 0.348 e. The molecule has 0 radical (unpaired) electrons. The van der Waals surface area contributed by atoms with Crippen LogP contribution in [0.15, 0.2) is 83.8 Å². The lowest BCUT2D eigenvalue weighted by Crippen LogP contribution is -2.35. The maximum Gasteiger partial charge on any atom is 0.232 e. The fraction of sp³-hybridized carbons (Fsp3) is 0.174. The number of benzene rings is 3. The third kappa shape index (κ3) is 3.91. The SMILES string of the molecule is O=C(NC1CCSc2ccc(F)cc21)C(c1ccccc1)c1ccccc1. The van der Waals surface area contributed by atoms with E-state index in [9.17, 15) is 9.18 Å². The van der Waals surface area contributed by atoms with Gasteiger partial charge in [0.15, 0.2) is 0 Å². The van der Waals surface area contributed by atoms with Crippen molar-refractivity contribution in [1.82, 2.24) is 5.32 Å². The zero-order valence-corrected chi connectivity index (χ0v) is 15.6. The summed E-state index contributed by atoms with van der Waals surface area (Å²) in [7, 11) is 0. The molecule has 136 valence electrons. The number of fused-ring (bicyclic) bond motifs is 1. The summed E-state index contributed by atoms with van der Waals surface area (Å²) >= 11 is 1.71. The van der Waals surface area contributed by atoms with Crippen molar-refractivity contribution in [1.29, 1.82) is 0 Å². The highest BCUT2D eigenvalue weighted by Crippen LogP contribution is 2.37. The summed E-state index contributed by atoms with van der Waals surface area (Å²) in [6.07, 6.45) is 0.795. The third-order valence-electron chi connectivity index (χ3n) is 4.86. The molecular formula is C23H20FNOS. The molecule has 0 aromatic heterocycles. The van der Waals surface area contributed by atoms with Gasteiger partial charge in [0.05, 0.1) is 12.0 Å². The Morgan fingerprint density at radius 3 is 2.22 bits per heavy atom. The molecule has 0 fully saturated rings. The van der Waals surface area contributed by atoms with E-state index in [1.54, 1.807) is 23.9 Å². The van der Waals surface area contributed by atoms with E-state index in [4.69, 9.17) is 0 Å². The quantitative estimate of drug-likeness (QED) is 0.667. The Hall–Kier alpha value is -2.59. The summed E-state index contributed by atoms with van der Waals surface area (Å²) in [6, 6.07) is 24.2. The molecule has 1 amide bonds. The van der Waals surface area contributed by atoms with E-state index in [-0.39, 0.29) is 23.7 Å². The van der Waals surface area contributed by atoms with Gasteiger partial charge in [-0.1, -0.05) is 60.7 Å². The molecule has 0 saturated heterocycles. The van der Waals surface area contributed by atoms with Gasteiger partial charge in [0.25, 0.3) is 0 Å². The Morgan fingerprint density at radius 2 is 1.59 bits per heavy atom. The highest BCUT2D eigenvalue weighted by Gasteiger charge is 2.28. The highest BCUT2D eigenvalue weighted by atomic mass is 32.2. The van der Waals surface area contributed by atoms with E-state index in [2.05, 4.69) is 5.32 Å². The van der Waals surface area contributed by atoms with Gasteiger partial charge in [-0.05, 0) is 41.3 Å². The van der Waals surface area contributed by atoms with Crippen LogP contribution in [0.5, 0.6) is 0 Å². The number of nitrogens with one attached hydrogen (secondary N) is 1. The van der Waals surface area contributed by atoms with Gasteiger partial charge < -0.3 is 5.32 Å². The molecule has 3 aromatic rings. The van der Waals surface area contributed by atoms with E-state index in [1.807, 2.05) is 60.7 Å². The second-order valence-corrected chi connectivity index (χ2v) is 7.77. The molecule has 0 bridgehead atoms. The minimum absolute atomic E-state index is 0.0560. The number of hydrogen-bond donors (Lipinski definition) is 1. The molecule has 4 rings (SSSR count). The summed E-state index contributed by atoms with van der Waals surface area (Å²) in [6.45, 7) is 0. The van der Waals surface area contributed by atoms with Gasteiger partial charge in [-0.2, -0.15) is 0 Å². The number of amides is 1. The van der Waals surface area contributed by atoms with Gasteiger partial charge in [0.1, 0.15) is 5.82 Å². The summed E-state index contributed by atoms with van der Waals surface area (Å²) < 4.78 is 13.8. The first kappa shape index (κ1) is 17.8. The molecule has 0 aliphatic carbocycles. The van der Waals surface area contributed by atoms with Gasteiger partial charge in [0, 0.05) is 10.6 Å². The smallest absolute Gasteiger partial charge is 0.232 e. The lowest BCUT2D eigenvalue weighted by molar-refractivity contribution is -0.122. The lowest BCUT2D eigenvalue weighted by Gasteiger charge is -2.28. The van der Waals surface area contributed by atoms with E-state index in [0.29, 0.717) is 0 Å². The van der Waals surface area contributed by atoms with Crippen LogP contribution in [-0.4, -0.2) is 11.7 Å². The first-order valence-corrected chi connectivity index (χ1v) is 10.0. The van der Waals surface area contributed by atoms with Gasteiger partial charge >= 0.3 is 0 Å². The average molecular weight is 377 g/mol. The molecule has 1 unspecified atom stereocenters. The van der Waals surface area contributed by atoms with Gasteiger partial charge in [-0.15, -0.1) is 11.8 Å². The van der Waals surface area contributed by atoms with E-state index in [0.717, 1.165) is 33.8 Å². The van der Waals surface area contributed by atoms with Crippen molar-refractivity contribution in [2.24, 2.45) is 0 Å². The number of halogens is 1. The van der Waals surface area contributed by atoms with Gasteiger partial charge in [0.2, 0.25) is 5.91 Å². The van der Waals surface area contributed by atoms with Crippen LogP contribution in [0.3, 0.4) is 0 Å². The maximum absolute atomic E-state index is 13.8. The van der Waals surface area contributed by atoms with Crippen LogP contribution in [0.4, 0.5) is 4.39 Å². The van der Waals surface area contributed by atoms with E-state index < -0.39 is 0 Å². The minimum atomic E-state index is -0.390. The Balaban J connectivity index is 1.65. The molecular weight excluding hydrogens is 357 g/mol. The zero-order chi connectivity index (χ0) is 18.6. The molecule has 1 aliphatic rings. The Labute approximate surface area is 162 Å². The van der Waals surface area contributed by atoms with E-state index >= 15 is 0 Å². The lowest BCUT2D eigenvalue weighted by atomic mass is 9.90. The van der Waals surface area contributed by atoms with Crippen molar-refractivity contribution in [3.63, 3.8) is 0 Å². The minimum Gasteiger partial charge on any atom is -0.348 e. The second kappa shape index (κ2) is 7.97. The second-order valence-electron chi connectivity index (χ2n) is 6.63. The zero-order valence-electron chi connectivity index (χ0n) is 14.8. The molecule has 0 spiro atoms. The standard InChI is InChI=1S/C23H20FNOS/c24-18-11-12-21-19(15-18)20(13-14-27-21)25-23(26)22(16-7-3-1-4-8-16)17-9-5-2-6-10-17/h1-12,15,20,22H,13-14H2,(H,25,26). The summed E-state index contributed by atoms with van der Waals surface area (Å²) in [4.78, 5) is 14.3. The Morgan fingerprint density at radius 1 is 0.963 bits per heavy atom. The van der Waals surface area contributed by atoms with Crippen molar-refractivity contribution >= 4 is 17.7 Å². The predicted molar refractivity (Wildman–Crippen MR) is 107 cm³/mol. The average Bonchev–Trinajstić information content (AvgIpc) is 2.70. The summed E-state index contributed by atoms with van der Waals surface area (Å²) in [5.74, 6) is 0.196. The van der Waals surface area contributed by atoms with Crippen molar-refractivity contribution in [2.75, 3.05) is 5.75 Å². The first-order valence-electron chi connectivity index (χ1n) is 9.05. The van der Waals surface area contributed by atoms with Crippen LogP contribution < -0.4 is 5.32 Å². The van der Waals surface area contributed by atoms with Crippen molar-refractivity contribution in [3.05, 3.63) is 101 Å². The fourth-order valence-corrected chi connectivity index (χ4v) is 4.66. The van der Waals surface area contributed by atoms with Crippen LogP contribution in [0.2, 0.25) is 0 Å². The summed E-state index contributed by atoms with van der Waals surface area (Å²) in [5.41, 5.74) is 2.77. The van der Waals surface area contributed by atoms with Gasteiger partial charge in [-0.25, -0.2) is 4.39 Å². The molecule has 1 N–H and O–H groups in total. The molecule has 2 nitrogen and oxygen atoms in total. The first-order chi connectivity index (χ1) is 13.2. The van der Waals surface area contributed by atoms with Crippen molar-refractivity contribution in [3.8, 4) is 0 Å². The summed E-state index contributed by atoms with van der Waals surface area (Å²) in [5, 5.41) is 3.18. The van der Waals surface area contributed by atoms with Crippen LogP contribution in [0.25, 0.3) is 0 Å². The van der Waals surface area contributed by atoms with Crippen molar-refractivity contribution < 1.29 is 9.18 Å². The monoisotopic (exact) mass is 377 g/mol. The molecule has 27 heavy (non-hydrogen) atoms. The number of thioether (sulfide) groups is 1.